The molecule has 2 aromatic heterocycles. The molecule has 5 aromatic rings. The van der Waals surface area contributed by atoms with Crippen LogP contribution in [0.4, 0.5) is 5.82 Å². The lowest BCUT2D eigenvalue weighted by Crippen LogP contribution is -2.21. The van der Waals surface area contributed by atoms with Crippen molar-refractivity contribution in [3.05, 3.63) is 76.0 Å². The van der Waals surface area contributed by atoms with Crippen LogP contribution in [0.1, 0.15) is 0 Å². The van der Waals surface area contributed by atoms with E-state index in [1.807, 2.05) is 0 Å². The molecule has 0 radical (unpaired) electrons. The molecule has 0 spiro atoms. The molecule has 0 atom stereocenters. The first-order valence-electron chi connectivity index (χ1n) is 9.98. The van der Waals surface area contributed by atoms with Crippen LogP contribution >= 0.6 is 11.6 Å². The fraction of sp³-hybridized carbons (Fsp3) is 0.0870. The van der Waals surface area contributed by atoms with E-state index in [4.69, 9.17) is 21.1 Å². The van der Waals surface area contributed by atoms with E-state index in [1.54, 1.807) is 36.4 Å². The number of ether oxygens (including phenoxy) is 2. The lowest BCUT2D eigenvalue weighted by molar-refractivity contribution is 0.355. The highest BCUT2D eigenvalue weighted by Gasteiger charge is 2.21. The second-order valence-corrected chi connectivity index (χ2v) is 9.43. The molecule has 0 saturated carbocycles. The van der Waals surface area contributed by atoms with Crippen molar-refractivity contribution in [2.24, 2.45) is 0 Å². The number of nitrogens with zero attached hydrogens (tertiary/aromatic N) is 3. The molecular formula is C23H17ClN4O5S. The third-order valence-electron chi connectivity index (χ3n) is 5.30. The van der Waals surface area contributed by atoms with Gasteiger partial charge in [-0.3, -0.25) is 13.9 Å². The van der Waals surface area contributed by atoms with Gasteiger partial charge in [0.05, 0.1) is 41.1 Å². The maximum Gasteiger partial charge on any atom is 0.266 e. The molecule has 0 unspecified atom stereocenters. The molecule has 34 heavy (non-hydrogen) atoms. The number of nitrogens with one attached hydrogen (secondary N) is 1. The summed E-state index contributed by atoms with van der Waals surface area (Å²) < 4.78 is 40.6. The fourth-order valence-corrected chi connectivity index (χ4v) is 4.81. The predicted molar refractivity (Wildman–Crippen MR) is 130 cm³/mol. The van der Waals surface area contributed by atoms with Gasteiger partial charge in [0, 0.05) is 11.1 Å². The molecule has 0 aliphatic rings. The molecule has 0 saturated heterocycles. The average molecular weight is 497 g/mol. The van der Waals surface area contributed by atoms with Gasteiger partial charge in [0.2, 0.25) is 0 Å². The first kappa shape index (κ1) is 21.9. The minimum atomic E-state index is -4.05. The highest BCUT2D eigenvalue weighted by Crippen LogP contribution is 2.31. The van der Waals surface area contributed by atoms with Crippen LogP contribution in [0.5, 0.6) is 11.5 Å². The Kier molecular flexibility index (Phi) is 5.26. The molecular weight excluding hydrogens is 480 g/mol. The number of anilines is 1. The average Bonchev–Trinajstić information content (AvgIpc) is 2.83. The molecule has 5 rings (SSSR count). The summed E-state index contributed by atoms with van der Waals surface area (Å²) in [4.78, 5) is 22.6. The van der Waals surface area contributed by atoms with Crippen molar-refractivity contribution in [3.63, 3.8) is 0 Å². The zero-order chi connectivity index (χ0) is 24.0. The van der Waals surface area contributed by atoms with Crippen LogP contribution in [0.25, 0.3) is 27.6 Å². The third-order valence-corrected chi connectivity index (χ3v) is 6.90. The Hall–Kier alpha value is -3.89. The number of benzene rings is 3. The summed E-state index contributed by atoms with van der Waals surface area (Å²) in [6, 6.07) is 15.7. The first-order valence-corrected chi connectivity index (χ1v) is 11.8. The van der Waals surface area contributed by atoms with Gasteiger partial charge in [-0.25, -0.2) is 18.4 Å². The molecule has 172 valence electrons. The van der Waals surface area contributed by atoms with Gasteiger partial charge < -0.3 is 9.47 Å². The highest BCUT2D eigenvalue weighted by molar-refractivity contribution is 7.92. The summed E-state index contributed by atoms with van der Waals surface area (Å²) in [6.45, 7) is 0. The van der Waals surface area contributed by atoms with E-state index in [0.29, 0.717) is 33.1 Å². The SMILES string of the molecule is COc1cc2nc3c(NS(=O)(=O)c4ccc(Cl)cc4)nc4ccccc4n3c(=O)c2cc1OC. The van der Waals surface area contributed by atoms with Crippen molar-refractivity contribution in [1.82, 2.24) is 14.4 Å². The van der Waals surface area contributed by atoms with E-state index in [9.17, 15) is 13.2 Å². The summed E-state index contributed by atoms with van der Waals surface area (Å²) in [5, 5.41) is 0.676. The number of sulfonamides is 1. The normalized spacial score (nSPS) is 11.7. The van der Waals surface area contributed by atoms with Crippen LogP contribution in [-0.2, 0) is 10.0 Å². The van der Waals surface area contributed by atoms with E-state index in [0.717, 1.165) is 0 Å². The van der Waals surface area contributed by atoms with E-state index < -0.39 is 15.6 Å². The van der Waals surface area contributed by atoms with Crippen molar-refractivity contribution in [3.8, 4) is 11.5 Å². The maximum absolute atomic E-state index is 13.6. The van der Waals surface area contributed by atoms with E-state index in [-0.39, 0.29) is 21.7 Å². The Bertz CT molecular complexity index is 1750. The van der Waals surface area contributed by atoms with Crippen LogP contribution in [-0.4, -0.2) is 37.0 Å². The van der Waals surface area contributed by atoms with Crippen LogP contribution in [0.2, 0.25) is 5.02 Å². The largest absolute Gasteiger partial charge is 0.493 e. The summed E-state index contributed by atoms with van der Waals surface area (Å²) in [5.74, 6) is 0.654. The molecule has 2 heterocycles. The van der Waals surface area contributed by atoms with Crippen molar-refractivity contribution in [2.45, 2.75) is 4.90 Å². The summed E-state index contributed by atoms with van der Waals surface area (Å²) >= 11 is 5.89. The molecule has 0 aliphatic carbocycles. The lowest BCUT2D eigenvalue weighted by atomic mass is 10.2. The van der Waals surface area contributed by atoms with Gasteiger partial charge in [-0.15, -0.1) is 0 Å². The minimum absolute atomic E-state index is 0.0143. The van der Waals surface area contributed by atoms with Gasteiger partial charge in [-0.1, -0.05) is 23.7 Å². The third kappa shape index (κ3) is 3.57. The summed E-state index contributed by atoms with van der Waals surface area (Å²) in [7, 11) is -1.11. The Labute approximate surface area is 198 Å². The first-order chi connectivity index (χ1) is 16.3. The molecule has 0 fully saturated rings. The number of fused-ring (bicyclic) bond motifs is 4. The van der Waals surface area contributed by atoms with Gasteiger partial charge in [-0.05, 0) is 42.5 Å². The maximum atomic E-state index is 13.6. The number of rotatable bonds is 5. The number of methoxy groups -OCH3 is 2. The van der Waals surface area contributed by atoms with E-state index in [2.05, 4.69) is 14.7 Å². The van der Waals surface area contributed by atoms with Gasteiger partial charge >= 0.3 is 0 Å². The number of hydrogen-bond donors (Lipinski definition) is 1. The fourth-order valence-electron chi connectivity index (χ4n) is 3.68. The smallest absolute Gasteiger partial charge is 0.266 e. The number of halogens is 1. The number of aromatic nitrogens is 3. The zero-order valence-electron chi connectivity index (χ0n) is 17.9. The highest BCUT2D eigenvalue weighted by atomic mass is 35.5. The minimum Gasteiger partial charge on any atom is -0.493 e. The standard InChI is InChI=1S/C23H17ClN4O5S/c1-32-19-11-15-17(12-20(19)33-2)26-22-21(27-34(30,31)14-9-7-13(24)8-10-14)25-16-5-3-4-6-18(16)28(22)23(15)29/h3-12H,1-2H3,(H,25,27). The molecule has 11 heteroatoms. The zero-order valence-corrected chi connectivity index (χ0v) is 19.5. The topological polar surface area (TPSA) is 112 Å². The molecule has 0 bridgehead atoms. The molecule has 0 amide bonds. The lowest BCUT2D eigenvalue weighted by Gasteiger charge is -2.14. The predicted octanol–water partition coefficient (Wildman–Crippen LogP) is 3.87. The second-order valence-electron chi connectivity index (χ2n) is 7.31. The van der Waals surface area contributed by atoms with Gasteiger partial charge in [0.15, 0.2) is 23.0 Å². The number of para-hydroxylation sites is 2. The van der Waals surface area contributed by atoms with Crippen LogP contribution in [0, 0.1) is 0 Å². The van der Waals surface area contributed by atoms with Crippen molar-refractivity contribution in [1.29, 1.82) is 0 Å². The van der Waals surface area contributed by atoms with Crippen molar-refractivity contribution < 1.29 is 17.9 Å². The van der Waals surface area contributed by atoms with Crippen LogP contribution in [0.3, 0.4) is 0 Å². The molecule has 9 nitrogen and oxygen atoms in total. The molecule has 1 N–H and O–H groups in total. The quantitative estimate of drug-likeness (QED) is 0.290. The van der Waals surface area contributed by atoms with Crippen molar-refractivity contribution >= 4 is 55.0 Å². The van der Waals surface area contributed by atoms with Gasteiger partial charge in [-0.2, -0.15) is 0 Å². The van der Waals surface area contributed by atoms with Gasteiger partial charge in [0.1, 0.15) is 0 Å². The number of hydrogen-bond acceptors (Lipinski definition) is 7. The van der Waals surface area contributed by atoms with Crippen LogP contribution in [0.15, 0.2) is 70.4 Å². The Morgan fingerprint density at radius 2 is 1.59 bits per heavy atom. The van der Waals surface area contributed by atoms with E-state index in [1.165, 1.54) is 42.9 Å². The molecule has 3 aromatic carbocycles. The Morgan fingerprint density at radius 3 is 2.29 bits per heavy atom. The Balaban J connectivity index is 1.84. The molecule has 0 aliphatic heterocycles. The van der Waals surface area contributed by atoms with Gasteiger partial charge in [0.25, 0.3) is 15.6 Å². The Morgan fingerprint density at radius 1 is 0.912 bits per heavy atom. The van der Waals surface area contributed by atoms with E-state index >= 15 is 0 Å². The van der Waals surface area contributed by atoms with Crippen molar-refractivity contribution in [2.75, 3.05) is 18.9 Å². The monoisotopic (exact) mass is 496 g/mol. The summed E-state index contributed by atoms with van der Waals surface area (Å²) in [5.41, 5.74) is 0.813. The van der Waals surface area contributed by atoms with Crippen LogP contribution < -0.4 is 19.8 Å². The second kappa shape index (κ2) is 8.15. The summed E-state index contributed by atoms with van der Waals surface area (Å²) in [6.07, 6.45) is 0.